The fourth-order valence-corrected chi connectivity index (χ4v) is 3.04. The average molecular weight is 341 g/mol. The third kappa shape index (κ3) is 2.96. The van der Waals surface area contributed by atoms with Crippen LogP contribution in [0.2, 0.25) is 0 Å². The van der Waals surface area contributed by atoms with Crippen LogP contribution < -0.4 is 4.74 Å². The lowest BCUT2D eigenvalue weighted by Gasteiger charge is -2.12. The third-order valence-corrected chi connectivity index (χ3v) is 4.53. The van der Waals surface area contributed by atoms with Gasteiger partial charge in [-0.3, -0.25) is 0 Å². The summed E-state index contributed by atoms with van der Waals surface area (Å²) in [5.74, 6) is 0.884. The maximum absolute atomic E-state index is 6.02. The molecule has 0 amide bonds. The molecule has 3 rings (SSSR count). The molecule has 21 heavy (non-hydrogen) atoms. The van der Waals surface area contributed by atoms with Crippen LogP contribution in [0.3, 0.4) is 0 Å². The molecule has 3 aromatic rings. The molecule has 3 aromatic carbocycles. The number of rotatable bonds is 3. The van der Waals surface area contributed by atoms with E-state index < -0.39 is 0 Å². The van der Waals surface area contributed by atoms with E-state index in [9.17, 15) is 0 Å². The minimum atomic E-state index is 0.588. The number of aryl methyl sites for hydroxylation is 2. The van der Waals surface area contributed by atoms with Gasteiger partial charge >= 0.3 is 0 Å². The molecule has 2 heteroatoms. The van der Waals surface area contributed by atoms with E-state index in [0.717, 1.165) is 10.2 Å². The first-order chi connectivity index (χ1) is 10.1. The van der Waals surface area contributed by atoms with E-state index in [1.165, 1.54) is 27.5 Å². The molecule has 0 aliphatic heterocycles. The van der Waals surface area contributed by atoms with E-state index in [4.69, 9.17) is 4.74 Å². The maximum atomic E-state index is 6.02. The zero-order valence-electron chi connectivity index (χ0n) is 12.2. The van der Waals surface area contributed by atoms with E-state index in [1.807, 2.05) is 18.2 Å². The first-order valence-corrected chi connectivity index (χ1v) is 7.80. The lowest BCUT2D eigenvalue weighted by molar-refractivity contribution is 0.304. The lowest BCUT2D eigenvalue weighted by Crippen LogP contribution is -1.99. The summed E-state index contributed by atoms with van der Waals surface area (Å²) in [5, 5.41) is 2.39. The molecule has 1 nitrogen and oxygen atoms in total. The van der Waals surface area contributed by atoms with Gasteiger partial charge in [0.25, 0.3) is 0 Å². The van der Waals surface area contributed by atoms with Gasteiger partial charge in [0.2, 0.25) is 0 Å². The number of benzene rings is 3. The Morgan fingerprint density at radius 3 is 2.62 bits per heavy atom. The largest absolute Gasteiger partial charge is 0.488 e. The minimum absolute atomic E-state index is 0.588. The van der Waals surface area contributed by atoms with Crippen molar-refractivity contribution in [2.24, 2.45) is 0 Å². The van der Waals surface area contributed by atoms with Crippen LogP contribution in [-0.4, -0.2) is 0 Å². The SMILES string of the molecule is Cc1ccc(C)c(COc2ccc3ccccc3c2Br)c1. The molecule has 0 aliphatic rings. The van der Waals surface area contributed by atoms with Crippen LogP contribution >= 0.6 is 15.9 Å². The van der Waals surface area contributed by atoms with Gasteiger partial charge in [-0.1, -0.05) is 54.1 Å². The normalized spacial score (nSPS) is 10.8. The second-order valence-electron chi connectivity index (χ2n) is 5.32. The predicted molar refractivity (Wildman–Crippen MR) is 91.9 cm³/mol. The van der Waals surface area contributed by atoms with Crippen molar-refractivity contribution in [2.45, 2.75) is 20.5 Å². The molecule has 0 atom stereocenters. The number of halogens is 1. The first-order valence-electron chi connectivity index (χ1n) is 7.01. The summed E-state index contributed by atoms with van der Waals surface area (Å²) in [5.41, 5.74) is 3.75. The Hall–Kier alpha value is -1.80. The van der Waals surface area contributed by atoms with Gasteiger partial charge in [0.1, 0.15) is 12.4 Å². The number of hydrogen-bond acceptors (Lipinski definition) is 1. The highest BCUT2D eigenvalue weighted by Crippen LogP contribution is 2.33. The first kappa shape index (κ1) is 14.2. The molecule has 0 unspecified atom stereocenters. The Morgan fingerprint density at radius 1 is 0.952 bits per heavy atom. The van der Waals surface area contributed by atoms with Crippen molar-refractivity contribution in [2.75, 3.05) is 0 Å². The highest BCUT2D eigenvalue weighted by atomic mass is 79.9. The van der Waals surface area contributed by atoms with Crippen LogP contribution in [0.1, 0.15) is 16.7 Å². The molecular formula is C19H17BrO. The fraction of sp³-hybridized carbons (Fsp3) is 0.158. The molecule has 0 saturated carbocycles. The predicted octanol–water partition coefficient (Wildman–Crippen LogP) is 5.80. The van der Waals surface area contributed by atoms with Crippen molar-refractivity contribution in [1.82, 2.24) is 0 Å². The molecule has 0 heterocycles. The molecule has 0 aromatic heterocycles. The highest BCUT2D eigenvalue weighted by molar-refractivity contribution is 9.10. The van der Waals surface area contributed by atoms with E-state index >= 15 is 0 Å². The topological polar surface area (TPSA) is 9.23 Å². The number of hydrogen-bond donors (Lipinski definition) is 0. The maximum Gasteiger partial charge on any atom is 0.134 e. The van der Waals surface area contributed by atoms with Gasteiger partial charge in [-0.2, -0.15) is 0 Å². The average Bonchev–Trinajstić information content (AvgIpc) is 2.50. The fourth-order valence-electron chi connectivity index (χ4n) is 2.44. The number of ether oxygens (including phenoxy) is 1. The van der Waals surface area contributed by atoms with Gasteiger partial charge in [-0.05, 0) is 57.7 Å². The van der Waals surface area contributed by atoms with Crippen molar-refractivity contribution < 1.29 is 4.74 Å². The molecule has 0 fully saturated rings. The van der Waals surface area contributed by atoms with E-state index in [2.05, 4.69) is 66.2 Å². The Bertz CT molecular complexity index is 793. The third-order valence-electron chi connectivity index (χ3n) is 3.72. The van der Waals surface area contributed by atoms with Crippen LogP contribution in [0.25, 0.3) is 10.8 Å². The highest BCUT2D eigenvalue weighted by Gasteiger charge is 2.07. The van der Waals surface area contributed by atoms with Gasteiger partial charge in [0.15, 0.2) is 0 Å². The van der Waals surface area contributed by atoms with Crippen LogP contribution in [0.15, 0.2) is 59.1 Å². The molecule has 0 N–H and O–H groups in total. The molecule has 0 radical (unpaired) electrons. The molecule has 0 aliphatic carbocycles. The molecule has 0 saturated heterocycles. The molecule has 106 valence electrons. The standard InChI is InChI=1S/C19H17BrO/c1-13-7-8-14(2)16(11-13)12-21-18-10-9-15-5-3-4-6-17(15)19(18)20/h3-11H,12H2,1-2H3. The lowest BCUT2D eigenvalue weighted by atomic mass is 10.1. The minimum Gasteiger partial charge on any atom is -0.488 e. The number of fused-ring (bicyclic) bond motifs is 1. The summed E-state index contributed by atoms with van der Waals surface area (Å²) in [6.45, 7) is 4.81. The summed E-state index contributed by atoms with van der Waals surface area (Å²) in [7, 11) is 0. The quantitative estimate of drug-likeness (QED) is 0.585. The van der Waals surface area contributed by atoms with Crippen molar-refractivity contribution in [3.05, 3.63) is 75.8 Å². The van der Waals surface area contributed by atoms with Crippen molar-refractivity contribution >= 4 is 26.7 Å². The van der Waals surface area contributed by atoms with Crippen LogP contribution in [0.5, 0.6) is 5.75 Å². The van der Waals surface area contributed by atoms with Crippen LogP contribution in [0, 0.1) is 13.8 Å². The van der Waals surface area contributed by atoms with Crippen LogP contribution in [0.4, 0.5) is 0 Å². The molecule has 0 bridgehead atoms. The Balaban J connectivity index is 1.88. The summed E-state index contributed by atoms with van der Waals surface area (Å²) in [6.07, 6.45) is 0. The Labute approximate surface area is 133 Å². The second-order valence-corrected chi connectivity index (χ2v) is 6.11. The van der Waals surface area contributed by atoms with Crippen LogP contribution in [-0.2, 0) is 6.61 Å². The molecular weight excluding hydrogens is 324 g/mol. The summed E-state index contributed by atoms with van der Waals surface area (Å²) < 4.78 is 7.04. The summed E-state index contributed by atoms with van der Waals surface area (Å²) >= 11 is 3.66. The Morgan fingerprint density at radius 2 is 1.76 bits per heavy atom. The van der Waals surface area contributed by atoms with Gasteiger partial charge in [-0.25, -0.2) is 0 Å². The van der Waals surface area contributed by atoms with Gasteiger partial charge in [-0.15, -0.1) is 0 Å². The smallest absolute Gasteiger partial charge is 0.134 e. The van der Waals surface area contributed by atoms with Gasteiger partial charge in [0.05, 0.1) is 4.47 Å². The summed E-state index contributed by atoms with van der Waals surface area (Å²) in [6, 6.07) is 18.9. The zero-order valence-corrected chi connectivity index (χ0v) is 13.8. The van der Waals surface area contributed by atoms with Crippen molar-refractivity contribution in [3.63, 3.8) is 0 Å². The van der Waals surface area contributed by atoms with E-state index in [-0.39, 0.29) is 0 Å². The molecule has 0 spiro atoms. The zero-order chi connectivity index (χ0) is 14.8. The van der Waals surface area contributed by atoms with Crippen molar-refractivity contribution in [1.29, 1.82) is 0 Å². The van der Waals surface area contributed by atoms with Gasteiger partial charge < -0.3 is 4.74 Å². The second kappa shape index (κ2) is 5.90. The van der Waals surface area contributed by atoms with E-state index in [1.54, 1.807) is 0 Å². The van der Waals surface area contributed by atoms with Crippen molar-refractivity contribution in [3.8, 4) is 5.75 Å². The summed E-state index contributed by atoms with van der Waals surface area (Å²) in [4.78, 5) is 0. The monoisotopic (exact) mass is 340 g/mol. The van der Waals surface area contributed by atoms with E-state index in [0.29, 0.717) is 6.61 Å². The van der Waals surface area contributed by atoms with Gasteiger partial charge in [0, 0.05) is 0 Å². The Kier molecular flexibility index (Phi) is 3.98.